The van der Waals surface area contributed by atoms with Gasteiger partial charge >= 0.3 is 21.7 Å². The molecule has 32 heavy (non-hydrogen) atoms. The Morgan fingerprint density at radius 1 is 1.22 bits per heavy atom. The van der Waals surface area contributed by atoms with Crippen LogP contribution in [0, 0.1) is 5.92 Å². The Morgan fingerprint density at radius 2 is 1.91 bits per heavy atom. The summed E-state index contributed by atoms with van der Waals surface area (Å²) in [7, 11) is -5.70. The summed E-state index contributed by atoms with van der Waals surface area (Å²) < 4.78 is 64.9. The first kappa shape index (κ1) is 24.6. The van der Waals surface area contributed by atoms with Crippen molar-refractivity contribution in [2.24, 2.45) is 5.92 Å². The van der Waals surface area contributed by atoms with Crippen molar-refractivity contribution in [1.29, 1.82) is 0 Å². The molecule has 0 spiro atoms. The highest BCUT2D eigenvalue weighted by Gasteiger charge is 2.48. The number of amides is 1. The maximum absolute atomic E-state index is 12.6. The van der Waals surface area contributed by atoms with Crippen molar-refractivity contribution in [2.75, 3.05) is 26.2 Å². The van der Waals surface area contributed by atoms with Crippen molar-refractivity contribution in [2.45, 2.75) is 57.0 Å². The van der Waals surface area contributed by atoms with Crippen LogP contribution in [0.5, 0.6) is 5.75 Å². The first-order chi connectivity index (χ1) is 15.0. The highest BCUT2D eigenvalue weighted by atomic mass is 32.2. The number of hydrogen-bond donors (Lipinski definition) is 1. The van der Waals surface area contributed by atoms with E-state index in [1.54, 1.807) is 6.07 Å². The molecular weight excluding hydrogens is 449 g/mol. The number of carbonyl (C=O) groups is 1. The van der Waals surface area contributed by atoms with Crippen molar-refractivity contribution < 1.29 is 35.7 Å². The van der Waals surface area contributed by atoms with E-state index < -0.39 is 21.7 Å². The van der Waals surface area contributed by atoms with Gasteiger partial charge in [0.15, 0.2) is 0 Å². The molecule has 1 heterocycles. The minimum Gasteiger partial charge on any atom is -0.465 e. The van der Waals surface area contributed by atoms with Crippen LogP contribution in [0.25, 0.3) is 0 Å². The standard InChI is InChI=1S/C21H29F3N2O5S/c1-2-9-26(14-15-7-10-25(11-8-15)20(27)28)18-5-3-16-4-6-19(13-17(16)12-18)31-32(29,30)21(22,23)24/h4,6,13,15,18H,2-3,5,7-12,14H2,1H3,(H,27,28). The van der Waals surface area contributed by atoms with Crippen molar-refractivity contribution in [3.05, 3.63) is 29.3 Å². The van der Waals surface area contributed by atoms with E-state index in [2.05, 4.69) is 16.0 Å². The third-order valence-electron chi connectivity index (χ3n) is 6.27. The zero-order chi connectivity index (χ0) is 23.5. The molecule has 1 aliphatic heterocycles. The molecule has 0 saturated carbocycles. The molecule has 1 fully saturated rings. The summed E-state index contributed by atoms with van der Waals surface area (Å²) in [5.41, 5.74) is -3.68. The molecule has 180 valence electrons. The molecule has 1 aromatic carbocycles. The van der Waals surface area contributed by atoms with E-state index in [-0.39, 0.29) is 11.8 Å². The summed E-state index contributed by atoms with van der Waals surface area (Å²) in [4.78, 5) is 15.0. The normalized spacial score (nSPS) is 20.3. The van der Waals surface area contributed by atoms with Gasteiger partial charge in [0, 0.05) is 25.7 Å². The number of nitrogens with zero attached hydrogens (tertiary/aromatic N) is 2. The SMILES string of the molecule is CCCN(CC1CCN(C(=O)O)CC1)C1CCc2ccc(OS(=O)(=O)C(F)(F)F)cc2C1. The number of halogens is 3. The summed E-state index contributed by atoms with van der Waals surface area (Å²) in [6.45, 7) is 4.87. The van der Waals surface area contributed by atoms with Gasteiger partial charge in [-0.1, -0.05) is 13.0 Å². The minimum atomic E-state index is -5.70. The van der Waals surface area contributed by atoms with Gasteiger partial charge in [0.25, 0.3) is 0 Å². The molecule has 1 atom stereocenters. The average molecular weight is 479 g/mol. The van der Waals surface area contributed by atoms with Gasteiger partial charge in [-0.15, -0.1) is 0 Å². The molecular formula is C21H29F3N2O5S. The average Bonchev–Trinajstić information content (AvgIpc) is 2.72. The molecule has 1 N–H and O–H groups in total. The van der Waals surface area contributed by atoms with Crippen LogP contribution in [0.2, 0.25) is 0 Å². The maximum atomic E-state index is 12.6. The lowest BCUT2D eigenvalue weighted by Crippen LogP contribution is -2.45. The first-order valence-corrected chi connectivity index (χ1v) is 12.3. The van der Waals surface area contributed by atoms with Gasteiger partial charge in [-0.2, -0.15) is 21.6 Å². The summed E-state index contributed by atoms with van der Waals surface area (Å²) in [6, 6.07) is 4.50. The van der Waals surface area contributed by atoms with Gasteiger partial charge in [-0.25, -0.2) is 4.79 Å². The number of rotatable bonds is 7. The van der Waals surface area contributed by atoms with Gasteiger partial charge in [-0.3, -0.25) is 4.90 Å². The van der Waals surface area contributed by atoms with Crippen LogP contribution in [-0.4, -0.2) is 67.1 Å². The molecule has 0 bridgehead atoms. The lowest BCUT2D eigenvalue weighted by molar-refractivity contribution is -0.0500. The second-order valence-corrected chi connectivity index (χ2v) is 10.1. The van der Waals surface area contributed by atoms with Crippen LogP contribution in [-0.2, 0) is 23.0 Å². The minimum absolute atomic E-state index is 0.189. The van der Waals surface area contributed by atoms with Gasteiger partial charge in [0.1, 0.15) is 5.75 Å². The second kappa shape index (κ2) is 9.86. The summed E-state index contributed by atoms with van der Waals surface area (Å²) in [5, 5.41) is 9.13. The molecule has 0 radical (unpaired) electrons. The van der Waals surface area contributed by atoms with Crippen molar-refractivity contribution in [3.8, 4) is 5.75 Å². The molecule has 11 heteroatoms. The second-order valence-electron chi connectivity index (χ2n) is 8.52. The topological polar surface area (TPSA) is 87.2 Å². The molecule has 7 nitrogen and oxygen atoms in total. The van der Waals surface area contributed by atoms with E-state index in [0.717, 1.165) is 56.3 Å². The number of hydrogen-bond acceptors (Lipinski definition) is 5. The van der Waals surface area contributed by atoms with Gasteiger partial charge in [0.2, 0.25) is 0 Å². The van der Waals surface area contributed by atoms with Crippen LogP contribution in [0.15, 0.2) is 18.2 Å². The van der Waals surface area contributed by atoms with E-state index in [9.17, 15) is 26.4 Å². The largest absolute Gasteiger partial charge is 0.534 e. The number of piperidine rings is 1. The fraction of sp³-hybridized carbons (Fsp3) is 0.667. The smallest absolute Gasteiger partial charge is 0.465 e. The molecule has 3 rings (SSSR count). The quantitative estimate of drug-likeness (QED) is 0.473. The number of alkyl halides is 3. The predicted molar refractivity (Wildman–Crippen MR) is 112 cm³/mol. The third-order valence-corrected chi connectivity index (χ3v) is 7.25. The highest BCUT2D eigenvalue weighted by molar-refractivity contribution is 7.88. The molecule has 1 aromatic rings. The van der Waals surface area contributed by atoms with Crippen LogP contribution in [0.3, 0.4) is 0 Å². The van der Waals surface area contributed by atoms with Crippen LogP contribution >= 0.6 is 0 Å². The Bertz CT molecular complexity index is 915. The van der Waals surface area contributed by atoms with Crippen molar-refractivity contribution >= 4 is 16.2 Å². The van der Waals surface area contributed by atoms with Gasteiger partial charge in [-0.05, 0) is 74.2 Å². The van der Waals surface area contributed by atoms with Crippen LogP contribution in [0.4, 0.5) is 18.0 Å². The van der Waals surface area contributed by atoms with E-state index in [4.69, 9.17) is 5.11 Å². The van der Waals surface area contributed by atoms with Gasteiger partial charge < -0.3 is 14.2 Å². The number of aryl methyl sites for hydroxylation is 1. The van der Waals surface area contributed by atoms with E-state index in [1.807, 2.05) is 0 Å². The number of fused-ring (bicyclic) bond motifs is 1. The fourth-order valence-corrected chi connectivity index (χ4v) is 5.05. The Balaban J connectivity index is 1.68. The molecule has 2 aliphatic rings. The Morgan fingerprint density at radius 3 is 2.50 bits per heavy atom. The summed E-state index contributed by atoms with van der Waals surface area (Å²) in [5.74, 6) is 0.0648. The van der Waals surface area contributed by atoms with Crippen molar-refractivity contribution in [3.63, 3.8) is 0 Å². The summed E-state index contributed by atoms with van der Waals surface area (Å²) in [6.07, 6.45) is 3.94. The van der Waals surface area contributed by atoms with Crippen LogP contribution < -0.4 is 4.18 Å². The molecule has 1 amide bonds. The Labute approximate surface area is 186 Å². The number of carboxylic acid groups (broad SMARTS) is 1. The van der Waals surface area contributed by atoms with Gasteiger partial charge in [0.05, 0.1) is 0 Å². The lowest BCUT2D eigenvalue weighted by atomic mass is 9.86. The Kier molecular flexibility index (Phi) is 7.59. The number of benzene rings is 1. The molecule has 1 saturated heterocycles. The highest BCUT2D eigenvalue weighted by Crippen LogP contribution is 2.32. The van der Waals surface area contributed by atoms with Crippen LogP contribution in [0.1, 0.15) is 43.7 Å². The molecule has 0 aromatic heterocycles. The summed E-state index contributed by atoms with van der Waals surface area (Å²) >= 11 is 0. The van der Waals surface area contributed by atoms with E-state index in [0.29, 0.717) is 25.4 Å². The maximum Gasteiger partial charge on any atom is 0.534 e. The monoisotopic (exact) mass is 478 g/mol. The number of likely N-dealkylation sites (tertiary alicyclic amines) is 1. The van der Waals surface area contributed by atoms with Crippen molar-refractivity contribution in [1.82, 2.24) is 9.80 Å². The zero-order valence-electron chi connectivity index (χ0n) is 18.0. The van der Waals surface area contributed by atoms with E-state index >= 15 is 0 Å². The molecule has 1 unspecified atom stereocenters. The van der Waals surface area contributed by atoms with E-state index in [1.165, 1.54) is 17.0 Å². The lowest BCUT2D eigenvalue weighted by Gasteiger charge is -2.39. The molecule has 1 aliphatic carbocycles. The third kappa shape index (κ3) is 5.86. The predicted octanol–water partition coefficient (Wildman–Crippen LogP) is 3.87. The first-order valence-electron chi connectivity index (χ1n) is 10.8. The Hall–Kier alpha value is -2.01. The zero-order valence-corrected chi connectivity index (χ0v) is 18.8. The fourth-order valence-electron chi connectivity index (χ4n) is 4.60.